The van der Waals surface area contributed by atoms with Crippen molar-refractivity contribution in [1.82, 2.24) is 0 Å². The standard InChI is InChI=1S/C12H18ClNO2S/c1-3-10(8-9-13)14-11-4-6-12(7-5-11)17(2,15)16/h4-7,10,14H,3,8-9H2,1-2H3. The summed E-state index contributed by atoms with van der Waals surface area (Å²) < 4.78 is 22.6. The van der Waals surface area contributed by atoms with Crippen LogP contribution in [0.15, 0.2) is 29.2 Å². The Morgan fingerprint density at radius 1 is 1.29 bits per heavy atom. The molecule has 0 aliphatic heterocycles. The van der Waals surface area contributed by atoms with Gasteiger partial charge in [-0.05, 0) is 37.1 Å². The fourth-order valence-electron chi connectivity index (χ4n) is 1.54. The highest BCUT2D eigenvalue weighted by Gasteiger charge is 2.08. The van der Waals surface area contributed by atoms with Crippen LogP contribution in [0.4, 0.5) is 5.69 Å². The second kappa shape index (κ2) is 6.26. The van der Waals surface area contributed by atoms with Crippen molar-refractivity contribution in [3.63, 3.8) is 0 Å². The zero-order valence-corrected chi connectivity index (χ0v) is 11.7. The van der Waals surface area contributed by atoms with E-state index in [2.05, 4.69) is 12.2 Å². The second-order valence-electron chi connectivity index (χ2n) is 4.02. The van der Waals surface area contributed by atoms with Crippen molar-refractivity contribution < 1.29 is 8.42 Å². The van der Waals surface area contributed by atoms with E-state index in [1.807, 2.05) is 0 Å². The summed E-state index contributed by atoms with van der Waals surface area (Å²) in [5, 5.41) is 3.33. The van der Waals surface area contributed by atoms with E-state index in [0.717, 1.165) is 18.5 Å². The molecule has 1 N–H and O–H groups in total. The number of nitrogens with one attached hydrogen (secondary N) is 1. The van der Waals surface area contributed by atoms with E-state index < -0.39 is 9.84 Å². The number of rotatable bonds is 6. The fourth-order valence-corrected chi connectivity index (χ4v) is 2.44. The van der Waals surface area contributed by atoms with Gasteiger partial charge < -0.3 is 5.32 Å². The van der Waals surface area contributed by atoms with Crippen molar-refractivity contribution in [3.8, 4) is 0 Å². The topological polar surface area (TPSA) is 46.2 Å². The first-order valence-corrected chi connectivity index (χ1v) is 8.02. The Kier molecular flexibility index (Phi) is 5.28. The highest BCUT2D eigenvalue weighted by Crippen LogP contribution is 2.16. The number of halogens is 1. The predicted octanol–water partition coefficient (Wildman–Crippen LogP) is 2.91. The molecule has 17 heavy (non-hydrogen) atoms. The van der Waals surface area contributed by atoms with Gasteiger partial charge in [0, 0.05) is 23.9 Å². The van der Waals surface area contributed by atoms with E-state index in [4.69, 9.17) is 11.6 Å². The average molecular weight is 276 g/mol. The number of anilines is 1. The van der Waals surface area contributed by atoms with Gasteiger partial charge in [0.25, 0.3) is 0 Å². The Hall–Kier alpha value is -0.740. The lowest BCUT2D eigenvalue weighted by Crippen LogP contribution is -2.18. The van der Waals surface area contributed by atoms with Crippen molar-refractivity contribution in [2.75, 3.05) is 17.5 Å². The van der Waals surface area contributed by atoms with E-state index in [1.54, 1.807) is 24.3 Å². The van der Waals surface area contributed by atoms with Crippen LogP contribution in [0.5, 0.6) is 0 Å². The Bertz CT molecular complexity index is 442. The molecule has 1 unspecified atom stereocenters. The van der Waals surface area contributed by atoms with Gasteiger partial charge >= 0.3 is 0 Å². The highest BCUT2D eigenvalue weighted by molar-refractivity contribution is 7.90. The van der Waals surface area contributed by atoms with Gasteiger partial charge in [0.15, 0.2) is 9.84 Å². The van der Waals surface area contributed by atoms with Gasteiger partial charge in [0.2, 0.25) is 0 Å². The van der Waals surface area contributed by atoms with Gasteiger partial charge in [-0.15, -0.1) is 11.6 Å². The van der Waals surface area contributed by atoms with Gasteiger partial charge in [-0.2, -0.15) is 0 Å². The molecule has 0 heterocycles. The maximum absolute atomic E-state index is 11.3. The first-order valence-electron chi connectivity index (χ1n) is 5.60. The molecule has 0 aliphatic rings. The first-order chi connectivity index (χ1) is 7.97. The summed E-state index contributed by atoms with van der Waals surface area (Å²) in [6.07, 6.45) is 3.09. The third-order valence-corrected chi connectivity index (χ3v) is 3.95. The number of hydrogen-bond donors (Lipinski definition) is 1. The summed E-state index contributed by atoms with van der Waals surface area (Å²) in [6, 6.07) is 7.13. The van der Waals surface area contributed by atoms with Crippen molar-refractivity contribution in [1.29, 1.82) is 0 Å². The number of alkyl halides is 1. The lowest BCUT2D eigenvalue weighted by atomic mass is 10.1. The molecule has 0 spiro atoms. The van der Waals surface area contributed by atoms with Gasteiger partial charge in [-0.25, -0.2) is 8.42 Å². The molecule has 0 bridgehead atoms. The summed E-state index contributed by atoms with van der Waals surface area (Å²) in [4.78, 5) is 0.341. The van der Waals surface area contributed by atoms with Crippen LogP contribution in [0.2, 0.25) is 0 Å². The minimum atomic E-state index is -3.11. The molecular weight excluding hydrogens is 258 g/mol. The fraction of sp³-hybridized carbons (Fsp3) is 0.500. The van der Waals surface area contributed by atoms with E-state index >= 15 is 0 Å². The minimum Gasteiger partial charge on any atom is -0.382 e. The Labute approximate surface area is 108 Å². The maximum Gasteiger partial charge on any atom is 0.175 e. The Morgan fingerprint density at radius 2 is 1.88 bits per heavy atom. The highest BCUT2D eigenvalue weighted by atomic mass is 35.5. The molecule has 3 nitrogen and oxygen atoms in total. The Morgan fingerprint density at radius 3 is 2.29 bits per heavy atom. The quantitative estimate of drug-likeness (QED) is 0.812. The van der Waals surface area contributed by atoms with Crippen LogP contribution in [0.25, 0.3) is 0 Å². The molecule has 0 amide bonds. The number of sulfone groups is 1. The molecule has 0 aliphatic carbocycles. The van der Waals surface area contributed by atoms with Crippen molar-refractivity contribution in [2.45, 2.75) is 30.7 Å². The molecule has 0 radical (unpaired) electrons. The summed E-state index contributed by atoms with van der Waals surface area (Å²) in [5.74, 6) is 0.618. The molecule has 0 saturated carbocycles. The van der Waals surface area contributed by atoms with Gasteiger partial charge in [-0.3, -0.25) is 0 Å². The van der Waals surface area contributed by atoms with Crippen LogP contribution >= 0.6 is 11.6 Å². The smallest absolute Gasteiger partial charge is 0.175 e. The third-order valence-electron chi connectivity index (χ3n) is 2.60. The van der Waals surface area contributed by atoms with Crippen LogP contribution in [0, 0.1) is 0 Å². The van der Waals surface area contributed by atoms with Crippen molar-refractivity contribution in [2.24, 2.45) is 0 Å². The molecule has 1 aromatic carbocycles. The zero-order valence-electron chi connectivity index (χ0n) is 10.1. The van der Waals surface area contributed by atoms with Crippen LogP contribution in [-0.2, 0) is 9.84 Å². The number of benzene rings is 1. The normalized spacial score (nSPS) is 13.4. The van der Waals surface area contributed by atoms with E-state index in [0.29, 0.717) is 16.8 Å². The molecule has 0 fully saturated rings. The second-order valence-corrected chi connectivity index (χ2v) is 6.42. The van der Waals surface area contributed by atoms with Crippen LogP contribution < -0.4 is 5.32 Å². The molecule has 1 rings (SSSR count). The first kappa shape index (κ1) is 14.3. The van der Waals surface area contributed by atoms with Crippen LogP contribution in [0.3, 0.4) is 0 Å². The molecule has 1 atom stereocenters. The van der Waals surface area contributed by atoms with E-state index in [-0.39, 0.29) is 0 Å². The molecular formula is C12H18ClNO2S. The molecule has 0 aromatic heterocycles. The lowest BCUT2D eigenvalue weighted by Gasteiger charge is -2.17. The summed E-state index contributed by atoms with van der Waals surface area (Å²) >= 11 is 5.71. The minimum absolute atomic E-state index is 0.330. The maximum atomic E-state index is 11.3. The summed E-state index contributed by atoms with van der Waals surface area (Å²) in [7, 11) is -3.11. The molecule has 5 heteroatoms. The lowest BCUT2D eigenvalue weighted by molar-refractivity contribution is 0.602. The monoisotopic (exact) mass is 275 g/mol. The van der Waals surface area contributed by atoms with Gasteiger partial charge in [0.05, 0.1) is 4.90 Å². The van der Waals surface area contributed by atoms with Gasteiger partial charge in [0.1, 0.15) is 0 Å². The third kappa shape index (κ3) is 4.56. The molecule has 0 saturated heterocycles. The largest absolute Gasteiger partial charge is 0.382 e. The SMILES string of the molecule is CCC(CCCl)Nc1ccc(S(C)(=O)=O)cc1. The molecule has 1 aromatic rings. The summed E-state index contributed by atoms with van der Waals surface area (Å²) in [5.41, 5.74) is 0.925. The number of hydrogen-bond acceptors (Lipinski definition) is 3. The van der Waals surface area contributed by atoms with Crippen molar-refractivity contribution >= 4 is 27.1 Å². The Balaban J connectivity index is 2.74. The zero-order chi connectivity index (χ0) is 12.9. The molecule has 96 valence electrons. The van der Waals surface area contributed by atoms with Crippen LogP contribution in [-0.4, -0.2) is 26.6 Å². The summed E-state index contributed by atoms with van der Waals surface area (Å²) in [6.45, 7) is 2.09. The average Bonchev–Trinajstić information content (AvgIpc) is 2.28. The van der Waals surface area contributed by atoms with E-state index in [1.165, 1.54) is 6.26 Å². The van der Waals surface area contributed by atoms with Gasteiger partial charge in [-0.1, -0.05) is 6.92 Å². The van der Waals surface area contributed by atoms with Crippen LogP contribution in [0.1, 0.15) is 19.8 Å². The van der Waals surface area contributed by atoms with E-state index in [9.17, 15) is 8.42 Å². The predicted molar refractivity (Wildman–Crippen MR) is 72.6 cm³/mol. The van der Waals surface area contributed by atoms with Crippen molar-refractivity contribution in [3.05, 3.63) is 24.3 Å².